The Hall–Kier alpha value is -2.12. The number of benzene rings is 1. The monoisotopic (exact) mass is 323 g/mol. The van der Waals surface area contributed by atoms with Crippen molar-refractivity contribution in [2.24, 2.45) is 0 Å². The van der Waals surface area contributed by atoms with Crippen LogP contribution in [0.3, 0.4) is 0 Å². The van der Waals surface area contributed by atoms with Gasteiger partial charge in [0.1, 0.15) is 11.9 Å². The largest absolute Gasteiger partial charge is 0.497 e. The van der Waals surface area contributed by atoms with Crippen molar-refractivity contribution in [1.82, 2.24) is 4.90 Å². The van der Waals surface area contributed by atoms with E-state index in [4.69, 9.17) is 19.3 Å². The molecule has 0 unspecified atom stereocenters. The molecule has 7 heteroatoms. The molecule has 1 N–H and O–H groups in total. The minimum atomic E-state index is -1.06. The van der Waals surface area contributed by atoms with Crippen LogP contribution in [0.2, 0.25) is 0 Å². The highest BCUT2D eigenvalue weighted by molar-refractivity contribution is 5.82. The van der Waals surface area contributed by atoms with Gasteiger partial charge in [-0.2, -0.15) is 0 Å². The van der Waals surface area contributed by atoms with Gasteiger partial charge < -0.3 is 24.2 Å². The predicted octanol–water partition coefficient (Wildman–Crippen LogP) is 0.912. The first-order chi connectivity index (χ1) is 11.0. The molecule has 0 aromatic heterocycles. The zero-order chi connectivity index (χ0) is 16.8. The molecule has 0 radical (unpaired) electrons. The molecule has 7 nitrogen and oxygen atoms in total. The van der Waals surface area contributed by atoms with Gasteiger partial charge in [0.25, 0.3) is 5.91 Å². The highest BCUT2D eigenvalue weighted by atomic mass is 16.5. The molecular formula is C16H21NO6. The second kappa shape index (κ2) is 7.94. The number of carboxylic acids is 1. The van der Waals surface area contributed by atoms with E-state index in [1.807, 2.05) is 24.3 Å². The van der Waals surface area contributed by atoms with Crippen LogP contribution in [-0.4, -0.2) is 60.9 Å². The van der Waals surface area contributed by atoms with E-state index in [2.05, 4.69) is 0 Å². The summed E-state index contributed by atoms with van der Waals surface area (Å²) in [5.74, 6) is -0.572. The van der Waals surface area contributed by atoms with Gasteiger partial charge in [0.2, 0.25) is 0 Å². The smallest absolute Gasteiger partial charge is 0.334 e. The number of carboxylic acid groups (broad SMARTS) is 1. The van der Waals surface area contributed by atoms with Crippen LogP contribution in [-0.2, 0) is 25.7 Å². The molecule has 1 aromatic rings. The maximum absolute atomic E-state index is 12.3. The second-order valence-electron chi connectivity index (χ2n) is 5.29. The van der Waals surface area contributed by atoms with E-state index >= 15 is 0 Å². The SMILES string of the molecule is COc1cccc(CO[C@@H](C)C(=O)N2CCO[C@H](C(=O)O)C2)c1. The second-order valence-corrected chi connectivity index (χ2v) is 5.29. The zero-order valence-electron chi connectivity index (χ0n) is 13.2. The summed E-state index contributed by atoms with van der Waals surface area (Å²) in [6.45, 7) is 2.56. The summed E-state index contributed by atoms with van der Waals surface area (Å²) in [4.78, 5) is 24.8. The van der Waals surface area contributed by atoms with Gasteiger partial charge in [-0.3, -0.25) is 4.79 Å². The highest BCUT2D eigenvalue weighted by Crippen LogP contribution is 2.15. The van der Waals surface area contributed by atoms with E-state index in [1.165, 1.54) is 4.90 Å². The summed E-state index contributed by atoms with van der Waals surface area (Å²) in [6, 6.07) is 7.41. The highest BCUT2D eigenvalue weighted by Gasteiger charge is 2.31. The number of carbonyl (C=O) groups excluding carboxylic acids is 1. The number of hydrogen-bond acceptors (Lipinski definition) is 5. The molecule has 2 atom stereocenters. The summed E-state index contributed by atoms with van der Waals surface area (Å²) in [7, 11) is 1.59. The van der Waals surface area contributed by atoms with Gasteiger partial charge in [0.15, 0.2) is 6.10 Å². The fourth-order valence-corrected chi connectivity index (χ4v) is 2.31. The molecule has 1 saturated heterocycles. The predicted molar refractivity (Wildman–Crippen MR) is 81.2 cm³/mol. The van der Waals surface area contributed by atoms with E-state index < -0.39 is 18.2 Å². The summed E-state index contributed by atoms with van der Waals surface area (Å²) < 4.78 is 15.8. The number of rotatable bonds is 6. The minimum absolute atomic E-state index is 0.0427. The Bertz CT molecular complexity index is 561. The fraction of sp³-hybridized carbons (Fsp3) is 0.500. The third-order valence-corrected chi connectivity index (χ3v) is 3.64. The van der Waals surface area contributed by atoms with Crippen LogP contribution < -0.4 is 4.74 Å². The van der Waals surface area contributed by atoms with Crippen molar-refractivity contribution < 1.29 is 28.9 Å². The van der Waals surface area contributed by atoms with Gasteiger partial charge in [-0.05, 0) is 24.6 Å². The summed E-state index contributed by atoms with van der Waals surface area (Å²) in [5, 5.41) is 8.97. The van der Waals surface area contributed by atoms with Crippen LogP contribution in [0.25, 0.3) is 0 Å². The third-order valence-electron chi connectivity index (χ3n) is 3.64. The molecule has 2 rings (SSSR count). The lowest BCUT2D eigenvalue weighted by Crippen LogP contribution is -2.51. The van der Waals surface area contributed by atoms with Crippen LogP contribution in [0.4, 0.5) is 0 Å². The van der Waals surface area contributed by atoms with Crippen molar-refractivity contribution in [1.29, 1.82) is 0 Å². The van der Waals surface area contributed by atoms with Gasteiger partial charge in [-0.25, -0.2) is 4.79 Å². The molecule has 1 aromatic carbocycles. The maximum Gasteiger partial charge on any atom is 0.334 e. The maximum atomic E-state index is 12.3. The zero-order valence-corrected chi connectivity index (χ0v) is 13.2. The average molecular weight is 323 g/mol. The number of morpholine rings is 1. The number of ether oxygens (including phenoxy) is 3. The average Bonchev–Trinajstić information content (AvgIpc) is 2.59. The lowest BCUT2D eigenvalue weighted by molar-refractivity contribution is -0.163. The van der Waals surface area contributed by atoms with Crippen LogP contribution in [0.5, 0.6) is 5.75 Å². The summed E-state index contributed by atoms with van der Waals surface area (Å²) >= 11 is 0. The van der Waals surface area contributed by atoms with Crippen molar-refractivity contribution in [2.75, 3.05) is 26.8 Å². The van der Waals surface area contributed by atoms with Crippen molar-refractivity contribution in [2.45, 2.75) is 25.7 Å². The fourth-order valence-electron chi connectivity index (χ4n) is 2.31. The Morgan fingerprint density at radius 1 is 1.48 bits per heavy atom. The minimum Gasteiger partial charge on any atom is -0.497 e. The topological polar surface area (TPSA) is 85.3 Å². The van der Waals surface area contributed by atoms with Gasteiger partial charge in [0.05, 0.1) is 26.9 Å². The van der Waals surface area contributed by atoms with Gasteiger partial charge in [-0.1, -0.05) is 12.1 Å². The van der Waals surface area contributed by atoms with Crippen LogP contribution >= 0.6 is 0 Å². The summed E-state index contributed by atoms with van der Waals surface area (Å²) in [6.07, 6.45) is -1.63. The number of methoxy groups -OCH3 is 1. The Kier molecular flexibility index (Phi) is 5.95. The molecule has 1 fully saturated rings. The Morgan fingerprint density at radius 3 is 2.96 bits per heavy atom. The Morgan fingerprint density at radius 2 is 2.26 bits per heavy atom. The number of hydrogen-bond donors (Lipinski definition) is 1. The molecule has 1 aliphatic heterocycles. The van der Waals surface area contributed by atoms with Crippen molar-refractivity contribution in [3.05, 3.63) is 29.8 Å². The van der Waals surface area contributed by atoms with Gasteiger partial charge in [0, 0.05) is 6.54 Å². The number of nitrogens with zero attached hydrogens (tertiary/aromatic N) is 1. The molecule has 1 amide bonds. The lowest BCUT2D eigenvalue weighted by Gasteiger charge is -2.32. The first-order valence-electron chi connectivity index (χ1n) is 7.39. The molecular weight excluding hydrogens is 302 g/mol. The number of amides is 1. The molecule has 23 heavy (non-hydrogen) atoms. The third kappa shape index (κ3) is 4.67. The molecule has 126 valence electrons. The molecule has 0 spiro atoms. The normalized spacial score (nSPS) is 19.2. The first-order valence-corrected chi connectivity index (χ1v) is 7.39. The van der Waals surface area contributed by atoms with E-state index in [1.54, 1.807) is 14.0 Å². The van der Waals surface area contributed by atoms with Crippen LogP contribution in [0.15, 0.2) is 24.3 Å². The molecule has 0 aliphatic carbocycles. The van der Waals surface area contributed by atoms with E-state index in [9.17, 15) is 9.59 Å². The van der Waals surface area contributed by atoms with Crippen molar-refractivity contribution >= 4 is 11.9 Å². The van der Waals surface area contributed by atoms with E-state index in [0.717, 1.165) is 11.3 Å². The Labute approximate surface area is 134 Å². The quantitative estimate of drug-likeness (QED) is 0.838. The first kappa shape index (κ1) is 17.2. The molecule has 0 bridgehead atoms. The standard InChI is InChI=1S/C16H21NO6/c1-11(23-10-12-4-3-5-13(8-12)21-2)15(18)17-6-7-22-14(9-17)16(19)20/h3-5,8,11,14H,6-7,9-10H2,1-2H3,(H,19,20)/t11-,14-/m0/s1. The lowest BCUT2D eigenvalue weighted by atomic mass is 10.2. The van der Waals surface area contributed by atoms with Crippen molar-refractivity contribution in [3.8, 4) is 5.75 Å². The molecule has 1 aliphatic rings. The van der Waals surface area contributed by atoms with Crippen LogP contribution in [0, 0.1) is 0 Å². The van der Waals surface area contributed by atoms with E-state index in [0.29, 0.717) is 6.54 Å². The summed E-state index contributed by atoms with van der Waals surface area (Å²) in [5.41, 5.74) is 0.898. The van der Waals surface area contributed by atoms with Crippen molar-refractivity contribution in [3.63, 3.8) is 0 Å². The number of aliphatic carboxylic acids is 1. The van der Waals surface area contributed by atoms with Crippen LogP contribution in [0.1, 0.15) is 12.5 Å². The Balaban J connectivity index is 1.88. The van der Waals surface area contributed by atoms with Gasteiger partial charge >= 0.3 is 5.97 Å². The van der Waals surface area contributed by atoms with Gasteiger partial charge in [-0.15, -0.1) is 0 Å². The molecule has 0 saturated carbocycles. The number of carbonyl (C=O) groups is 2. The molecule has 1 heterocycles. The van der Waals surface area contributed by atoms with E-state index in [-0.39, 0.29) is 25.7 Å².